The summed E-state index contributed by atoms with van der Waals surface area (Å²) in [6, 6.07) is 34.8. The zero-order valence-corrected chi connectivity index (χ0v) is 20.5. The molecule has 0 aliphatic rings. The molecular weight excluding hydrogens is 469 g/mol. The van der Waals surface area contributed by atoms with E-state index in [1.807, 2.05) is 85.8 Å². The maximum absolute atomic E-state index is 13.4. The Hall–Kier alpha value is -4.25. The number of benzene rings is 3. The lowest BCUT2D eigenvalue weighted by Crippen LogP contribution is -2.28. The fraction of sp³-hybridized carbons (Fsp3) is 0.125. The van der Waals surface area contributed by atoms with Gasteiger partial charge >= 0.3 is 6.18 Å². The number of hydrogen-bond acceptors (Lipinski definition) is 2. The predicted molar refractivity (Wildman–Crippen MR) is 141 cm³/mol. The van der Waals surface area contributed by atoms with Crippen LogP contribution in [0, 0.1) is 6.92 Å². The summed E-state index contributed by atoms with van der Waals surface area (Å²) < 4.78 is 40.1. The van der Waals surface area contributed by atoms with E-state index >= 15 is 0 Å². The molecule has 0 spiro atoms. The maximum Gasteiger partial charge on any atom is 0.416 e. The van der Waals surface area contributed by atoms with E-state index in [-0.39, 0.29) is 0 Å². The smallest absolute Gasteiger partial charge is 0.251 e. The van der Waals surface area contributed by atoms with Crippen LogP contribution in [0.1, 0.15) is 35.0 Å². The second-order valence-corrected chi connectivity index (χ2v) is 9.26. The zero-order valence-electron chi connectivity index (χ0n) is 20.5. The van der Waals surface area contributed by atoms with Crippen molar-refractivity contribution in [3.8, 4) is 22.5 Å². The molecule has 0 saturated carbocycles. The number of hydrogen-bond donors (Lipinski definition) is 0. The lowest BCUT2D eigenvalue weighted by atomic mass is 9.75. The first kappa shape index (κ1) is 24.4. The van der Waals surface area contributed by atoms with Gasteiger partial charge in [-0.1, -0.05) is 78.4 Å². The van der Waals surface area contributed by atoms with Crippen molar-refractivity contribution >= 4 is 0 Å². The number of aryl methyl sites for hydroxylation is 1. The van der Waals surface area contributed by atoms with Crippen LogP contribution in [-0.4, -0.2) is 9.97 Å². The third kappa shape index (κ3) is 4.90. The molecule has 1 unspecified atom stereocenters. The lowest BCUT2D eigenvalue weighted by molar-refractivity contribution is -0.137. The van der Waals surface area contributed by atoms with Gasteiger partial charge in [0.1, 0.15) is 0 Å². The van der Waals surface area contributed by atoms with Gasteiger partial charge in [0.05, 0.1) is 33.8 Å². The Kier molecular flexibility index (Phi) is 6.38. The molecule has 37 heavy (non-hydrogen) atoms. The van der Waals surface area contributed by atoms with Gasteiger partial charge in [-0.3, -0.25) is 9.97 Å². The fourth-order valence-electron chi connectivity index (χ4n) is 4.61. The molecule has 2 nitrogen and oxygen atoms in total. The van der Waals surface area contributed by atoms with Crippen molar-refractivity contribution < 1.29 is 13.2 Å². The molecule has 0 amide bonds. The highest BCUT2D eigenvalue weighted by Crippen LogP contribution is 2.39. The minimum absolute atomic E-state index is 0.411. The summed E-state index contributed by atoms with van der Waals surface area (Å²) in [4.78, 5) is 9.97. The Balaban J connectivity index is 1.67. The van der Waals surface area contributed by atoms with Crippen LogP contribution < -0.4 is 0 Å². The van der Waals surface area contributed by atoms with E-state index < -0.39 is 17.2 Å². The number of nitrogens with zero attached hydrogens (tertiary/aromatic N) is 2. The van der Waals surface area contributed by atoms with Gasteiger partial charge in [0, 0.05) is 11.1 Å². The molecule has 5 heteroatoms. The van der Waals surface area contributed by atoms with Gasteiger partial charge in [0.15, 0.2) is 0 Å². The largest absolute Gasteiger partial charge is 0.416 e. The van der Waals surface area contributed by atoms with E-state index in [0.29, 0.717) is 17.0 Å². The average Bonchev–Trinajstić information content (AvgIpc) is 2.93. The van der Waals surface area contributed by atoms with E-state index in [2.05, 4.69) is 13.0 Å². The normalized spacial score (nSPS) is 13.2. The van der Waals surface area contributed by atoms with Crippen LogP contribution in [0.25, 0.3) is 22.5 Å². The third-order valence-electron chi connectivity index (χ3n) is 6.67. The van der Waals surface area contributed by atoms with Crippen molar-refractivity contribution in [1.29, 1.82) is 0 Å². The minimum Gasteiger partial charge on any atom is -0.251 e. The first-order chi connectivity index (χ1) is 17.7. The van der Waals surface area contributed by atoms with Gasteiger partial charge in [0.2, 0.25) is 0 Å². The van der Waals surface area contributed by atoms with Crippen molar-refractivity contribution in [1.82, 2.24) is 9.97 Å². The van der Waals surface area contributed by atoms with E-state index in [1.165, 1.54) is 6.07 Å². The second-order valence-electron chi connectivity index (χ2n) is 9.26. The zero-order chi connectivity index (χ0) is 26.0. The molecule has 1 atom stereocenters. The molecule has 3 aromatic carbocycles. The molecule has 2 aromatic heterocycles. The van der Waals surface area contributed by atoms with Crippen LogP contribution in [0.3, 0.4) is 0 Å². The van der Waals surface area contributed by atoms with Gasteiger partial charge in [-0.05, 0) is 61.9 Å². The summed E-state index contributed by atoms with van der Waals surface area (Å²) in [5.41, 5.74) is 4.92. The third-order valence-corrected chi connectivity index (χ3v) is 6.67. The van der Waals surface area contributed by atoms with Crippen molar-refractivity contribution in [3.63, 3.8) is 0 Å². The van der Waals surface area contributed by atoms with Crippen LogP contribution in [0.15, 0.2) is 115 Å². The van der Waals surface area contributed by atoms with Gasteiger partial charge in [-0.15, -0.1) is 0 Å². The molecule has 0 saturated heterocycles. The van der Waals surface area contributed by atoms with Crippen molar-refractivity contribution in [2.24, 2.45) is 0 Å². The number of aromatic nitrogens is 2. The van der Waals surface area contributed by atoms with Crippen LogP contribution in [0.2, 0.25) is 0 Å². The molecule has 0 aliphatic heterocycles. The van der Waals surface area contributed by atoms with Crippen LogP contribution in [0.4, 0.5) is 13.2 Å². The highest BCUT2D eigenvalue weighted by Gasteiger charge is 2.35. The van der Waals surface area contributed by atoms with E-state index in [1.54, 1.807) is 12.1 Å². The first-order valence-corrected chi connectivity index (χ1v) is 12.0. The average molecular weight is 495 g/mol. The highest BCUT2D eigenvalue weighted by molar-refractivity contribution is 5.63. The van der Waals surface area contributed by atoms with Crippen molar-refractivity contribution in [2.45, 2.75) is 25.4 Å². The van der Waals surface area contributed by atoms with Crippen LogP contribution in [-0.2, 0) is 11.6 Å². The molecule has 5 rings (SSSR count). The minimum atomic E-state index is -4.42. The van der Waals surface area contributed by atoms with Crippen LogP contribution in [0.5, 0.6) is 0 Å². The molecule has 0 fully saturated rings. The van der Waals surface area contributed by atoms with Crippen molar-refractivity contribution in [2.75, 3.05) is 0 Å². The van der Waals surface area contributed by atoms with Crippen LogP contribution >= 0.6 is 0 Å². The Morgan fingerprint density at radius 3 is 1.62 bits per heavy atom. The number of alkyl halides is 3. The molecular formula is C32H25F3N2. The highest BCUT2D eigenvalue weighted by atomic mass is 19.4. The van der Waals surface area contributed by atoms with Gasteiger partial charge in [0.25, 0.3) is 0 Å². The quantitative estimate of drug-likeness (QED) is 0.245. The number of rotatable bonds is 5. The Morgan fingerprint density at radius 2 is 1.05 bits per heavy atom. The van der Waals surface area contributed by atoms with Crippen molar-refractivity contribution in [3.05, 3.63) is 143 Å². The van der Waals surface area contributed by atoms with Gasteiger partial charge in [-0.2, -0.15) is 13.2 Å². The van der Waals surface area contributed by atoms with Gasteiger partial charge < -0.3 is 0 Å². The molecule has 0 bridgehead atoms. The molecule has 184 valence electrons. The summed E-state index contributed by atoms with van der Waals surface area (Å²) in [7, 11) is 0. The monoisotopic (exact) mass is 494 g/mol. The summed E-state index contributed by atoms with van der Waals surface area (Å²) >= 11 is 0. The number of pyridine rings is 2. The Labute approximate surface area is 214 Å². The van der Waals surface area contributed by atoms with E-state index in [9.17, 15) is 13.2 Å². The molecule has 2 heterocycles. The topological polar surface area (TPSA) is 25.8 Å². The molecule has 5 aromatic rings. The SMILES string of the molecule is Cc1cccc(-c2cccc(C(C)(c3ccccc3)c3cccc(-c4cccc(C(F)(F)F)c4)n3)n2)c1. The molecule has 0 N–H and O–H groups in total. The molecule has 0 radical (unpaired) electrons. The Bertz CT molecular complexity index is 1540. The fourth-order valence-corrected chi connectivity index (χ4v) is 4.61. The van der Waals surface area contributed by atoms with Gasteiger partial charge in [-0.25, -0.2) is 0 Å². The summed E-state index contributed by atoms with van der Waals surface area (Å²) in [6.07, 6.45) is -4.42. The second kappa shape index (κ2) is 9.66. The molecule has 0 aliphatic carbocycles. The summed E-state index contributed by atoms with van der Waals surface area (Å²) in [6.45, 7) is 4.10. The first-order valence-electron chi connectivity index (χ1n) is 12.0. The van der Waals surface area contributed by atoms with E-state index in [0.717, 1.165) is 40.2 Å². The summed E-state index contributed by atoms with van der Waals surface area (Å²) in [5.74, 6) is 0. The maximum atomic E-state index is 13.4. The number of halogens is 3. The standard InChI is InChI=1S/C32H25F3N2/c1-22-10-6-11-23(20-22)27-16-8-18-29(36-27)31(2,25-13-4-3-5-14-25)30-19-9-17-28(37-30)24-12-7-15-26(21-24)32(33,34)35/h3-21H,1-2H3. The Morgan fingerprint density at radius 1 is 0.541 bits per heavy atom. The lowest BCUT2D eigenvalue weighted by Gasteiger charge is -2.30. The summed E-state index contributed by atoms with van der Waals surface area (Å²) in [5, 5.41) is 0. The van der Waals surface area contributed by atoms with E-state index in [4.69, 9.17) is 9.97 Å². The predicted octanol–water partition coefficient (Wildman–Crippen LogP) is 8.49.